The highest BCUT2D eigenvalue weighted by Gasteiger charge is 2.12. The van der Waals surface area contributed by atoms with Gasteiger partial charge in [0.15, 0.2) is 0 Å². The first-order valence-electron chi connectivity index (χ1n) is 5.68. The molecular formula is C13H20BrNO2. The number of nitrogens with one attached hydrogen (secondary N) is 1. The van der Waals surface area contributed by atoms with E-state index < -0.39 is 6.10 Å². The maximum atomic E-state index is 9.74. The summed E-state index contributed by atoms with van der Waals surface area (Å²) >= 11 is 3.37. The number of aliphatic hydroxyl groups excluding tert-OH is 1. The van der Waals surface area contributed by atoms with E-state index in [1.165, 1.54) is 0 Å². The van der Waals surface area contributed by atoms with Gasteiger partial charge in [-0.05, 0) is 39.0 Å². The van der Waals surface area contributed by atoms with Crippen molar-refractivity contribution in [1.82, 2.24) is 5.32 Å². The molecule has 17 heavy (non-hydrogen) atoms. The molecule has 1 aromatic carbocycles. The third-order valence-corrected chi connectivity index (χ3v) is 2.60. The van der Waals surface area contributed by atoms with Gasteiger partial charge in [-0.15, -0.1) is 0 Å². The smallest absolute Gasteiger partial charge is 0.120 e. The van der Waals surface area contributed by atoms with E-state index in [0.29, 0.717) is 13.2 Å². The second-order valence-corrected chi connectivity index (χ2v) is 5.97. The summed E-state index contributed by atoms with van der Waals surface area (Å²) in [5, 5.41) is 13.0. The Hall–Kier alpha value is -0.580. The molecule has 3 nitrogen and oxygen atoms in total. The second-order valence-electron chi connectivity index (χ2n) is 5.05. The van der Waals surface area contributed by atoms with E-state index in [4.69, 9.17) is 4.74 Å². The Balaban J connectivity index is 2.31. The lowest BCUT2D eigenvalue weighted by molar-refractivity contribution is 0.100. The zero-order chi connectivity index (χ0) is 12.9. The number of β-amino-alcohol motifs (C(OH)–C–C–N with tert-alkyl or cyclic N) is 1. The van der Waals surface area contributed by atoms with E-state index in [9.17, 15) is 5.11 Å². The molecule has 0 aliphatic carbocycles. The number of aliphatic hydroxyl groups is 1. The van der Waals surface area contributed by atoms with Crippen LogP contribution in [0, 0.1) is 0 Å². The number of hydrogen-bond donors (Lipinski definition) is 2. The summed E-state index contributed by atoms with van der Waals surface area (Å²) in [6.45, 7) is 7.01. The van der Waals surface area contributed by atoms with E-state index >= 15 is 0 Å². The molecule has 0 aliphatic heterocycles. The summed E-state index contributed by atoms with van der Waals surface area (Å²) in [5.74, 6) is 0.759. The maximum absolute atomic E-state index is 9.74. The summed E-state index contributed by atoms with van der Waals surface area (Å²) in [6, 6.07) is 7.59. The van der Waals surface area contributed by atoms with Gasteiger partial charge < -0.3 is 15.2 Å². The predicted molar refractivity (Wildman–Crippen MR) is 73.4 cm³/mol. The summed E-state index contributed by atoms with van der Waals surface area (Å²) in [7, 11) is 0. The van der Waals surface area contributed by atoms with Crippen LogP contribution >= 0.6 is 15.9 Å². The Kier molecular flexibility index (Phi) is 5.43. The van der Waals surface area contributed by atoms with Crippen molar-refractivity contribution in [2.24, 2.45) is 0 Å². The van der Waals surface area contributed by atoms with Gasteiger partial charge in [-0.1, -0.05) is 22.0 Å². The standard InChI is InChI=1S/C13H20BrNO2/c1-13(2,3)15-8-11(16)9-17-12-6-4-5-10(14)7-12/h4-7,11,15-16H,8-9H2,1-3H3. The Morgan fingerprint density at radius 1 is 1.41 bits per heavy atom. The fourth-order valence-corrected chi connectivity index (χ4v) is 1.61. The molecular weight excluding hydrogens is 282 g/mol. The number of benzene rings is 1. The average molecular weight is 302 g/mol. The number of hydrogen-bond acceptors (Lipinski definition) is 3. The molecule has 0 heterocycles. The lowest BCUT2D eigenvalue weighted by Crippen LogP contribution is -2.42. The molecule has 0 aromatic heterocycles. The molecule has 1 unspecified atom stereocenters. The van der Waals surface area contributed by atoms with Crippen molar-refractivity contribution < 1.29 is 9.84 Å². The van der Waals surface area contributed by atoms with Crippen LogP contribution < -0.4 is 10.1 Å². The Bertz CT molecular complexity index is 350. The fraction of sp³-hybridized carbons (Fsp3) is 0.538. The summed E-state index contributed by atoms with van der Waals surface area (Å²) < 4.78 is 6.46. The normalized spacial score (nSPS) is 13.5. The molecule has 0 radical (unpaired) electrons. The van der Waals surface area contributed by atoms with Crippen LogP contribution in [0.2, 0.25) is 0 Å². The summed E-state index contributed by atoms with van der Waals surface area (Å²) in [6.07, 6.45) is -0.506. The molecule has 0 fully saturated rings. The van der Waals surface area contributed by atoms with Gasteiger partial charge in [-0.25, -0.2) is 0 Å². The van der Waals surface area contributed by atoms with Crippen LogP contribution in [0.4, 0.5) is 0 Å². The quantitative estimate of drug-likeness (QED) is 0.878. The number of rotatable bonds is 5. The zero-order valence-electron chi connectivity index (χ0n) is 10.5. The van der Waals surface area contributed by atoms with Crippen LogP contribution in [-0.2, 0) is 0 Å². The van der Waals surface area contributed by atoms with E-state index in [1.54, 1.807) is 0 Å². The number of halogens is 1. The van der Waals surface area contributed by atoms with Gasteiger partial charge in [0.25, 0.3) is 0 Å². The van der Waals surface area contributed by atoms with Gasteiger partial charge in [-0.2, -0.15) is 0 Å². The van der Waals surface area contributed by atoms with Gasteiger partial charge >= 0.3 is 0 Å². The van der Waals surface area contributed by atoms with Crippen LogP contribution in [0.1, 0.15) is 20.8 Å². The SMILES string of the molecule is CC(C)(C)NCC(O)COc1cccc(Br)c1. The lowest BCUT2D eigenvalue weighted by atomic mass is 10.1. The Labute approximate surface area is 111 Å². The van der Waals surface area contributed by atoms with Crippen LogP contribution in [-0.4, -0.2) is 29.9 Å². The van der Waals surface area contributed by atoms with Gasteiger partial charge in [0.2, 0.25) is 0 Å². The first-order valence-corrected chi connectivity index (χ1v) is 6.47. The first kappa shape index (κ1) is 14.5. The van der Waals surface area contributed by atoms with E-state index in [1.807, 2.05) is 24.3 Å². The molecule has 96 valence electrons. The minimum Gasteiger partial charge on any atom is -0.491 e. The van der Waals surface area contributed by atoms with Crippen LogP contribution in [0.5, 0.6) is 5.75 Å². The van der Waals surface area contributed by atoms with Gasteiger partial charge in [0.05, 0.1) is 0 Å². The van der Waals surface area contributed by atoms with Gasteiger partial charge in [0.1, 0.15) is 18.5 Å². The van der Waals surface area contributed by atoms with Crippen molar-refractivity contribution >= 4 is 15.9 Å². The monoisotopic (exact) mass is 301 g/mol. The average Bonchev–Trinajstić information content (AvgIpc) is 2.23. The van der Waals surface area contributed by atoms with E-state index in [-0.39, 0.29) is 5.54 Å². The predicted octanol–water partition coefficient (Wildman–Crippen LogP) is 2.58. The fourth-order valence-electron chi connectivity index (χ4n) is 1.23. The highest BCUT2D eigenvalue weighted by molar-refractivity contribution is 9.10. The van der Waals surface area contributed by atoms with Crippen LogP contribution in [0.3, 0.4) is 0 Å². The molecule has 0 aliphatic rings. The van der Waals surface area contributed by atoms with Gasteiger partial charge in [0, 0.05) is 16.6 Å². The summed E-state index contributed by atoms with van der Waals surface area (Å²) in [5.41, 5.74) is 0.0107. The molecule has 0 saturated carbocycles. The van der Waals surface area contributed by atoms with E-state index in [0.717, 1.165) is 10.2 Å². The van der Waals surface area contributed by atoms with Crippen molar-refractivity contribution in [2.45, 2.75) is 32.4 Å². The molecule has 2 N–H and O–H groups in total. The highest BCUT2D eigenvalue weighted by atomic mass is 79.9. The van der Waals surface area contributed by atoms with Crippen molar-refractivity contribution in [2.75, 3.05) is 13.2 Å². The van der Waals surface area contributed by atoms with Crippen molar-refractivity contribution in [3.8, 4) is 5.75 Å². The Morgan fingerprint density at radius 3 is 2.71 bits per heavy atom. The molecule has 1 aromatic rings. The second kappa shape index (κ2) is 6.38. The molecule has 0 spiro atoms. The van der Waals surface area contributed by atoms with E-state index in [2.05, 4.69) is 42.0 Å². The zero-order valence-corrected chi connectivity index (χ0v) is 12.1. The first-order chi connectivity index (χ1) is 7.87. The topological polar surface area (TPSA) is 41.5 Å². The van der Waals surface area contributed by atoms with Crippen molar-refractivity contribution in [3.05, 3.63) is 28.7 Å². The molecule has 1 atom stereocenters. The number of ether oxygens (including phenoxy) is 1. The van der Waals surface area contributed by atoms with Gasteiger partial charge in [-0.3, -0.25) is 0 Å². The lowest BCUT2D eigenvalue weighted by Gasteiger charge is -2.22. The van der Waals surface area contributed by atoms with Crippen molar-refractivity contribution in [3.63, 3.8) is 0 Å². The molecule has 1 rings (SSSR count). The third-order valence-electron chi connectivity index (χ3n) is 2.11. The maximum Gasteiger partial charge on any atom is 0.120 e. The van der Waals surface area contributed by atoms with Crippen molar-refractivity contribution in [1.29, 1.82) is 0 Å². The largest absolute Gasteiger partial charge is 0.491 e. The minimum atomic E-state index is -0.506. The van der Waals surface area contributed by atoms with Crippen LogP contribution in [0.25, 0.3) is 0 Å². The molecule has 0 amide bonds. The highest BCUT2D eigenvalue weighted by Crippen LogP contribution is 2.17. The third kappa shape index (κ3) is 6.66. The Morgan fingerprint density at radius 2 is 2.12 bits per heavy atom. The minimum absolute atomic E-state index is 0.0107. The molecule has 0 bridgehead atoms. The van der Waals surface area contributed by atoms with Crippen LogP contribution in [0.15, 0.2) is 28.7 Å². The summed E-state index contributed by atoms with van der Waals surface area (Å²) in [4.78, 5) is 0. The molecule has 4 heteroatoms. The molecule has 0 saturated heterocycles.